The first kappa shape index (κ1) is 45.0. The predicted octanol–water partition coefficient (Wildman–Crippen LogP) is 11.6. The molecule has 8 rings (SSSR count). The number of nitrogens with zero attached hydrogens (tertiary/aromatic N) is 2. The number of alkyl halides is 6. The molecule has 12 nitrogen and oxygen atoms in total. The number of hydrogen-bond donors (Lipinski definition) is 4. The van der Waals surface area contributed by atoms with E-state index < -0.39 is 25.6 Å². The molecule has 1 aliphatic carbocycles. The van der Waals surface area contributed by atoms with Crippen molar-refractivity contribution < 1.29 is 54.3 Å². The quantitative estimate of drug-likeness (QED) is 0.0684. The van der Waals surface area contributed by atoms with Crippen LogP contribution in [0.1, 0.15) is 62.5 Å². The Morgan fingerprint density at radius 1 is 0.698 bits per heavy atom. The van der Waals surface area contributed by atoms with E-state index in [0.29, 0.717) is 34.9 Å². The number of fused-ring (bicyclic) bond motifs is 3. The molecule has 0 saturated heterocycles. The zero-order valence-electron chi connectivity index (χ0n) is 33.7. The van der Waals surface area contributed by atoms with Crippen LogP contribution in [0, 0.1) is 5.92 Å². The van der Waals surface area contributed by atoms with Gasteiger partial charge in [-0.1, -0.05) is 60.4 Å². The second-order valence-corrected chi connectivity index (χ2v) is 15.6. The third-order valence-electron chi connectivity index (χ3n) is 10.2. The van der Waals surface area contributed by atoms with E-state index in [1.807, 2.05) is 24.3 Å². The molecule has 4 N–H and O–H groups in total. The lowest BCUT2D eigenvalue weighted by Gasteiger charge is -2.28. The van der Waals surface area contributed by atoms with Crippen molar-refractivity contribution in [3.05, 3.63) is 90.0 Å². The molecular formula is C43H42F6N6O6S2. The average molecular weight is 917 g/mol. The van der Waals surface area contributed by atoms with E-state index >= 15 is 0 Å². The van der Waals surface area contributed by atoms with Crippen molar-refractivity contribution in [2.45, 2.75) is 70.3 Å². The number of ether oxygens (including phenoxy) is 4. The van der Waals surface area contributed by atoms with E-state index in [4.69, 9.17) is 52.4 Å². The molecule has 0 radical (unpaired) electrons. The Labute approximate surface area is 367 Å². The Balaban J connectivity index is 0.000000191. The van der Waals surface area contributed by atoms with Crippen LogP contribution in [0.2, 0.25) is 0 Å². The minimum absolute atomic E-state index is 0.0119. The molecule has 4 aromatic carbocycles. The fourth-order valence-corrected chi connectivity index (χ4v) is 7.72. The van der Waals surface area contributed by atoms with Gasteiger partial charge in [-0.25, -0.2) is 0 Å². The van der Waals surface area contributed by atoms with Gasteiger partial charge in [0.25, 0.3) is 0 Å². The summed E-state index contributed by atoms with van der Waals surface area (Å²) in [6.07, 6.45) is -1.27. The lowest BCUT2D eigenvalue weighted by molar-refractivity contribution is -0.153. The van der Waals surface area contributed by atoms with E-state index in [1.165, 1.54) is 68.4 Å². The van der Waals surface area contributed by atoms with Crippen LogP contribution in [0.25, 0.3) is 21.9 Å². The van der Waals surface area contributed by atoms with E-state index in [1.54, 1.807) is 18.2 Å². The number of benzene rings is 4. The molecule has 6 aromatic rings. The fraction of sp³-hybridized carbons (Fsp3) is 0.349. The van der Waals surface area contributed by atoms with Gasteiger partial charge in [0, 0.05) is 12.2 Å². The second kappa shape index (κ2) is 20.0. The van der Waals surface area contributed by atoms with Crippen LogP contribution in [0.5, 0.6) is 23.0 Å². The van der Waals surface area contributed by atoms with Gasteiger partial charge in [-0.05, 0) is 122 Å². The number of hydrogen-bond acceptors (Lipinski definition) is 10. The van der Waals surface area contributed by atoms with Crippen LogP contribution < -0.4 is 40.2 Å². The standard InChI is InChI=1S/C25H28F3N3O2S.C18H14F3N3O4S/c1-2-4-16-7-9-17(10-8-16)18-11-13-19(14-12-18)29-24(34)30-23-22-20(32-15-25(26,27)28)5-3-6-21(22)33-31-23;19-18(20,21)8-25-12-2-1-3-13-15(12)16(24-28-13)23-17(29)22-7-10-4-5-11-14(6-10)27-9-26-11/h3,5-6,11-14,16-17H,2,4,7-10,15H2,1H3,(H2,29,30,31,34);1-6H,7-9H2,(H2,22,23,24,29). The highest BCUT2D eigenvalue weighted by Gasteiger charge is 2.30. The Morgan fingerprint density at radius 2 is 1.27 bits per heavy atom. The Morgan fingerprint density at radius 3 is 1.84 bits per heavy atom. The summed E-state index contributed by atoms with van der Waals surface area (Å²) in [4.78, 5) is 0. The summed E-state index contributed by atoms with van der Waals surface area (Å²) in [7, 11) is 0. The van der Waals surface area contributed by atoms with Gasteiger partial charge in [0.2, 0.25) is 6.79 Å². The van der Waals surface area contributed by atoms with E-state index in [9.17, 15) is 26.3 Å². The molecule has 20 heteroatoms. The number of halogens is 6. The molecule has 0 bridgehead atoms. The minimum Gasteiger partial charge on any atom is -0.483 e. The van der Waals surface area contributed by atoms with Crippen LogP contribution in [0.15, 0.2) is 87.9 Å². The van der Waals surface area contributed by atoms with Gasteiger partial charge < -0.3 is 49.3 Å². The highest BCUT2D eigenvalue weighted by atomic mass is 32.1. The molecular weight excluding hydrogens is 875 g/mol. The van der Waals surface area contributed by atoms with Crippen molar-refractivity contribution in [3.63, 3.8) is 0 Å². The molecule has 1 fully saturated rings. The van der Waals surface area contributed by atoms with Gasteiger partial charge in [0.05, 0.1) is 0 Å². The smallest absolute Gasteiger partial charge is 0.422 e. The maximum Gasteiger partial charge on any atom is 0.422 e. The van der Waals surface area contributed by atoms with Crippen molar-refractivity contribution in [1.29, 1.82) is 0 Å². The molecule has 2 aromatic heterocycles. The minimum atomic E-state index is -4.46. The van der Waals surface area contributed by atoms with Crippen molar-refractivity contribution in [1.82, 2.24) is 15.6 Å². The summed E-state index contributed by atoms with van der Waals surface area (Å²) in [6, 6.07) is 22.8. The molecule has 63 heavy (non-hydrogen) atoms. The zero-order valence-corrected chi connectivity index (χ0v) is 35.3. The summed E-state index contributed by atoms with van der Waals surface area (Å²) >= 11 is 10.6. The lowest BCUT2D eigenvalue weighted by Crippen LogP contribution is -2.28. The molecule has 0 spiro atoms. The molecule has 0 unspecified atom stereocenters. The van der Waals surface area contributed by atoms with Crippen molar-refractivity contribution in [2.24, 2.45) is 5.92 Å². The topological polar surface area (TPSA) is 137 Å². The molecule has 3 heterocycles. The lowest BCUT2D eigenvalue weighted by atomic mass is 9.77. The summed E-state index contributed by atoms with van der Waals surface area (Å²) in [6.45, 7) is -0.0156. The first-order valence-corrected chi connectivity index (χ1v) is 20.8. The zero-order chi connectivity index (χ0) is 44.6. The van der Waals surface area contributed by atoms with Crippen LogP contribution in [0.3, 0.4) is 0 Å². The number of aromatic nitrogens is 2. The summed E-state index contributed by atoms with van der Waals surface area (Å²) in [5, 5.41) is 20.6. The summed E-state index contributed by atoms with van der Waals surface area (Å²) in [5.74, 6) is 3.14. The van der Waals surface area contributed by atoms with Gasteiger partial charge >= 0.3 is 12.4 Å². The van der Waals surface area contributed by atoms with E-state index in [0.717, 1.165) is 17.2 Å². The maximum atomic E-state index is 12.6. The predicted molar refractivity (Wildman–Crippen MR) is 233 cm³/mol. The molecule has 0 amide bonds. The molecule has 0 atom stereocenters. The van der Waals surface area contributed by atoms with Crippen LogP contribution in [-0.4, -0.2) is 52.9 Å². The van der Waals surface area contributed by atoms with Gasteiger partial charge in [-0.2, -0.15) is 26.3 Å². The fourth-order valence-electron chi connectivity index (χ4n) is 7.34. The molecule has 334 valence electrons. The van der Waals surface area contributed by atoms with E-state index in [2.05, 4.69) is 50.6 Å². The third-order valence-corrected chi connectivity index (χ3v) is 10.7. The van der Waals surface area contributed by atoms with Crippen molar-refractivity contribution in [2.75, 3.05) is 36.0 Å². The molecule has 1 saturated carbocycles. The maximum absolute atomic E-state index is 12.6. The number of nitrogens with one attached hydrogen (secondary N) is 4. The number of rotatable bonds is 12. The average Bonchev–Trinajstić information content (AvgIpc) is 4.01. The van der Waals surface area contributed by atoms with Gasteiger partial charge in [0.1, 0.15) is 22.3 Å². The van der Waals surface area contributed by atoms with Gasteiger partial charge in [-0.3, -0.25) is 0 Å². The van der Waals surface area contributed by atoms with E-state index in [-0.39, 0.29) is 51.1 Å². The van der Waals surface area contributed by atoms with Gasteiger partial charge in [0.15, 0.2) is 57.7 Å². The summed E-state index contributed by atoms with van der Waals surface area (Å²) < 4.78 is 106. The Bertz CT molecular complexity index is 2510. The Hall–Kier alpha value is -6.02. The summed E-state index contributed by atoms with van der Waals surface area (Å²) in [5.41, 5.74) is 3.61. The second-order valence-electron chi connectivity index (χ2n) is 14.8. The monoisotopic (exact) mass is 916 g/mol. The number of thiocarbonyl (C=S) groups is 2. The first-order valence-electron chi connectivity index (χ1n) is 20.0. The normalized spacial score (nSPS) is 15.9. The van der Waals surface area contributed by atoms with Crippen LogP contribution >= 0.6 is 24.4 Å². The van der Waals surface area contributed by atoms with Crippen LogP contribution in [-0.2, 0) is 6.54 Å². The SMILES string of the molecule is CCCC1CCC(c2ccc(NC(=S)Nc3noc4cccc(OCC(F)(F)F)c34)cc2)CC1.FC(F)(F)COc1cccc2onc(NC(=S)NCc3ccc4c(c3)OCO4)c12. The van der Waals surface area contributed by atoms with Crippen LogP contribution in [0.4, 0.5) is 43.7 Å². The number of anilines is 3. The largest absolute Gasteiger partial charge is 0.483 e. The van der Waals surface area contributed by atoms with Crippen molar-refractivity contribution in [3.8, 4) is 23.0 Å². The highest BCUT2D eigenvalue weighted by molar-refractivity contribution is 7.80. The Kier molecular flexibility index (Phi) is 14.3. The molecule has 2 aliphatic rings. The third kappa shape index (κ3) is 12.3. The highest BCUT2D eigenvalue weighted by Crippen LogP contribution is 2.39. The van der Waals surface area contributed by atoms with Gasteiger partial charge in [-0.15, -0.1) is 0 Å². The first-order chi connectivity index (χ1) is 30.2. The molecule has 1 aliphatic heterocycles. The van der Waals surface area contributed by atoms with Crippen molar-refractivity contribution >= 4 is 73.9 Å².